The average molecular weight is 388 g/mol. The molecule has 6 nitrogen and oxygen atoms in total. The molecule has 0 radical (unpaired) electrons. The number of nitrogens with one attached hydrogen (secondary N) is 2. The Labute approximate surface area is 167 Å². The molecule has 0 aliphatic carbocycles. The van der Waals surface area contributed by atoms with Crippen molar-refractivity contribution in [3.8, 4) is 0 Å². The highest BCUT2D eigenvalue weighted by Crippen LogP contribution is 2.53. The highest BCUT2D eigenvalue weighted by atomic mass is 16.5. The van der Waals surface area contributed by atoms with Crippen LogP contribution in [0.15, 0.2) is 18.3 Å². The van der Waals surface area contributed by atoms with Gasteiger partial charge in [0.1, 0.15) is 5.69 Å². The molecule has 3 fully saturated rings. The molecule has 2 N–H and O–H groups in total. The maximum Gasteiger partial charge on any atom is 0.270 e. The topological polar surface area (TPSA) is 74.4 Å². The van der Waals surface area contributed by atoms with Gasteiger partial charge >= 0.3 is 0 Å². The zero-order valence-electron chi connectivity index (χ0n) is 17.1. The summed E-state index contributed by atoms with van der Waals surface area (Å²) in [5.74, 6) is 0.749. The number of hydrogen-bond donors (Lipinski definition) is 2. The number of carbonyl (C=O) groups excluding carboxylic acids is 2. The quantitative estimate of drug-likeness (QED) is 0.788. The predicted octanol–water partition coefficient (Wildman–Crippen LogP) is 3.11. The largest absolute Gasteiger partial charge is 0.381 e. The van der Waals surface area contributed by atoms with Crippen molar-refractivity contribution in [3.63, 3.8) is 0 Å². The smallest absolute Gasteiger partial charge is 0.270 e. The van der Waals surface area contributed by atoms with Crippen molar-refractivity contribution in [2.45, 2.75) is 76.9 Å². The second-order valence-electron chi connectivity index (χ2n) is 9.20. The highest BCUT2D eigenvalue weighted by molar-refractivity contribution is 5.95. The second-order valence-corrected chi connectivity index (χ2v) is 9.20. The summed E-state index contributed by atoms with van der Waals surface area (Å²) in [5, 5.41) is 3.34. The molecule has 1 aromatic rings. The standard InChI is InChI=1S/C22H33N3O3/c1-15(2)7-10-22(21(27)24-16-8-12-28-13-9-16)14-17-5-6-19(22)25(17)20(26)18-4-3-11-23-18/h3-4,11,15-17,19,23H,5-10,12-14H2,1-2H3,(H,24,27)/t17-,19+,22+/m1/s1. The van der Waals surface area contributed by atoms with Crippen LogP contribution in [-0.2, 0) is 9.53 Å². The second kappa shape index (κ2) is 7.90. The van der Waals surface area contributed by atoms with Gasteiger partial charge in [-0.2, -0.15) is 0 Å². The Balaban J connectivity index is 1.57. The fourth-order valence-electron chi connectivity index (χ4n) is 5.44. The van der Waals surface area contributed by atoms with E-state index in [-0.39, 0.29) is 29.9 Å². The van der Waals surface area contributed by atoms with Gasteiger partial charge in [-0.25, -0.2) is 0 Å². The summed E-state index contributed by atoms with van der Waals surface area (Å²) in [6.07, 6.45) is 8.14. The van der Waals surface area contributed by atoms with Crippen molar-refractivity contribution in [2.75, 3.05) is 13.2 Å². The summed E-state index contributed by atoms with van der Waals surface area (Å²) in [4.78, 5) is 31.8. The molecular formula is C22H33N3O3. The van der Waals surface area contributed by atoms with E-state index >= 15 is 0 Å². The first-order valence-corrected chi connectivity index (χ1v) is 10.9. The molecule has 0 saturated carbocycles. The van der Waals surface area contributed by atoms with Crippen molar-refractivity contribution in [2.24, 2.45) is 11.3 Å². The zero-order valence-corrected chi connectivity index (χ0v) is 17.1. The number of ether oxygens (including phenoxy) is 1. The Bertz CT molecular complexity index is 696. The van der Waals surface area contributed by atoms with E-state index in [0.717, 1.165) is 44.9 Å². The first kappa shape index (κ1) is 19.5. The third-order valence-electron chi connectivity index (χ3n) is 6.98. The van der Waals surface area contributed by atoms with Gasteiger partial charge in [-0.05, 0) is 63.0 Å². The van der Waals surface area contributed by atoms with Crippen LogP contribution in [0.25, 0.3) is 0 Å². The number of fused-ring (bicyclic) bond motifs is 2. The van der Waals surface area contributed by atoms with Gasteiger partial charge < -0.3 is 19.9 Å². The van der Waals surface area contributed by atoms with Crippen molar-refractivity contribution in [1.29, 1.82) is 0 Å². The van der Waals surface area contributed by atoms with Crippen molar-refractivity contribution in [1.82, 2.24) is 15.2 Å². The molecule has 4 heterocycles. The Hall–Kier alpha value is -1.82. The summed E-state index contributed by atoms with van der Waals surface area (Å²) < 4.78 is 5.44. The van der Waals surface area contributed by atoms with Crippen molar-refractivity contribution < 1.29 is 14.3 Å². The van der Waals surface area contributed by atoms with Gasteiger partial charge in [0.2, 0.25) is 5.91 Å². The number of aromatic amines is 1. The van der Waals surface area contributed by atoms with Crippen molar-refractivity contribution in [3.05, 3.63) is 24.0 Å². The fraction of sp³-hybridized carbons (Fsp3) is 0.727. The van der Waals surface area contributed by atoms with Crippen LogP contribution in [-0.4, -0.2) is 53.0 Å². The molecular weight excluding hydrogens is 354 g/mol. The molecule has 154 valence electrons. The van der Waals surface area contributed by atoms with Gasteiger partial charge in [0.05, 0.1) is 5.41 Å². The molecule has 2 amide bonds. The number of rotatable bonds is 6. The first-order chi connectivity index (χ1) is 13.5. The number of H-pyrrole nitrogens is 1. The molecule has 3 aliphatic rings. The van der Waals surface area contributed by atoms with E-state index in [1.165, 1.54) is 0 Å². The van der Waals surface area contributed by atoms with Gasteiger partial charge in [-0.3, -0.25) is 9.59 Å². The summed E-state index contributed by atoms with van der Waals surface area (Å²) in [7, 11) is 0. The normalized spacial score (nSPS) is 30.2. The van der Waals surface area contributed by atoms with E-state index in [1.807, 2.05) is 17.0 Å². The van der Waals surface area contributed by atoms with Gasteiger partial charge in [0, 0.05) is 37.5 Å². The lowest BCUT2D eigenvalue weighted by Crippen LogP contribution is -2.53. The van der Waals surface area contributed by atoms with E-state index in [4.69, 9.17) is 4.74 Å². The van der Waals surface area contributed by atoms with Crippen LogP contribution >= 0.6 is 0 Å². The predicted molar refractivity (Wildman–Crippen MR) is 107 cm³/mol. The highest BCUT2D eigenvalue weighted by Gasteiger charge is 2.61. The van der Waals surface area contributed by atoms with Gasteiger partial charge in [0.15, 0.2) is 0 Å². The molecule has 3 atom stereocenters. The van der Waals surface area contributed by atoms with Crippen LogP contribution in [0.3, 0.4) is 0 Å². The van der Waals surface area contributed by atoms with Crippen LogP contribution < -0.4 is 5.32 Å². The monoisotopic (exact) mass is 387 g/mol. The lowest BCUT2D eigenvalue weighted by atomic mass is 9.69. The molecule has 3 saturated heterocycles. The maximum atomic E-state index is 13.6. The molecule has 28 heavy (non-hydrogen) atoms. The zero-order chi connectivity index (χ0) is 19.7. The van der Waals surface area contributed by atoms with Crippen LogP contribution in [0.5, 0.6) is 0 Å². The van der Waals surface area contributed by atoms with E-state index in [1.54, 1.807) is 6.20 Å². The molecule has 6 heteroatoms. The minimum atomic E-state index is -0.451. The third kappa shape index (κ3) is 3.47. The van der Waals surface area contributed by atoms with E-state index in [9.17, 15) is 9.59 Å². The SMILES string of the molecule is CC(C)CC[C@]1(C(=O)NC2CCOCC2)C[C@H]2CC[C@@H]1N2C(=O)c1ccc[nH]1. The molecule has 2 bridgehead atoms. The van der Waals surface area contributed by atoms with Crippen LogP contribution in [0.1, 0.15) is 69.3 Å². The van der Waals surface area contributed by atoms with Crippen LogP contribution in [0, 0.1) is 11.3 Å². The van der Waals surface area contributed by atoms with Crippen LogP contribution in [0.2, 0.25) is 0 Å². The summed E-state index contributed by atoms with van der Waals surface area (Å²) >= 11 is 0. The Kier molecular flexibility index (Phi) is 5.50. The minimum Gasteiger partial charge on any atom is -0.381 e. The summed E-state index contributed by atoms with van der Waals surface area (Å²) in [6, 6.07) is 4.07. The lowest BCUT2D eigenvalue weighted by Gasteiger charge is -2.38. The number of amides is 2. The van der Waals surface area contributed by atoms with Gasteiger partial charge in [0.25, 0.3) is 5.91 Å². The molecule has 0 aromatic carbocycles. The first-order valence-electron chi connectivity index (χ1n) is 10.9. The van der Waals surface area contributed by atoms with Gasteiger partial charge in [-0.1, -0.05) is 13.8 Å². The molecule has 3 aliphatic heterocycles. The molecule has 0 spiro atoms. The van der Waals surface area contributed by atoms with Crippen LogP contribution in [0.4, 0.5) is 0 Å². The lowest BCUT2D eigenvalue weighted by molar-refractivity contribution is -0.134. The Morgan fingerprint density at radius 1 is 1.29 bits per heavy atom. The average Bonchev–Trinajstić information content (AvgIpc) is 3.42. The van der Waals surface area contributed by atoms with E-state index in [2.05, 4.69) is 24.1 Å². The number of nitrogens with zero attached hydrogens (tertiary/aromatic N) is 1. The summed E-state index contributed by atoms with van der Waals surface area (Å²) in [5.41, 5.74) is 0.176. The Morgan fingerprint density at radius 3 is 2.75 bits per heavy atom. The third-order valence-corrected chi connectivity index (χ3v) is 6.98. The fourth-order valence-corrected chi connectivity index (χ4v) is 5.44. The summed E-state index contributed by atoms with van der Waals surface area (Å²) in [6.45, 7) is 5.85. The number of hydrogen-bond acceptors (Lipinski definition) is 3. The molecule has 1 aromatic heterocycles. The maximum absolute atomic E-state index is 13.6. The van der Waals surface area contributed by atoms with E-state index in [0.29, 0.717) is 24.8 Å². The number of carbonyl (C=O) groups is 2. The van der Waals surface area contributed by atoms with Gasteiger partial charge in [-0.15, -0.1) is 0 Å². The Morgan fingerprint density at radius 2 is 2.07 bits per heavy atom. The van der Waals surface area contributed by atoms with Crippen molar-refractivity contribution >= 4 is 11.8 Å². The molecule has 0 unspecified atom stereocenters. The minimum absolute atomic E-state index is 0.00638. The van der Waals surface area contributed by atoms with E-state index < -0.39 is 5.41 Å². The number of aromatic nitrogens is 1. The molecule has 4 rings (SSSR count).